The Hall–Kier alpha value is -0.569. The fraction of sp³-hybridized carbons (Fsp3) is 0.385. The molecule has 2 aromatic carbocycles. The molecule has 2 unspecified atom stereocenters. The van der Waals surface area contributed by atoms with Crippen LogP contribution in [0.1, 0.15) is 66.8 Å². The van der Waals surface area contributed by atoms with Gasteiger partial charge in [0.2, 0.25) is 0 Å². The quantitative estimate of drug-likeness (QED) is 0.488. The Labute approximate surface area is 204 Å². The molecule has 5 rings (SSSR count). The predicted octanol–water partition coefficient (Wildman–Crippen LogP) is 1.17. The Morgan fingerprint density at radius 1 is 0.633 bits per heavy atom. The molecule has 0 saturated carbocycles. The number of hydrogen-bond acceptors (Lipinski definition) is 0. The van der Waals surface area contributed by atoms with Crippen molar-refractivity contribution in [1.82, 2.24) is 0 Å². The molecule has 0 radical (unpaired) electrons. The Bertz CT molecular complexity index is 1050. The normalized spacial score (nSPS) is 22.1. The summed E-state index contributed by atoms with van der Waals surface area (Å²) >= 11 is -0.196. The van der Waals surface area contributed by atoms with Gasteiger partial charge in [-0.2, -0.15) is 0 Å². The van der Waals surface area contributed by atoms with E-state index in [0.29, 0.717) is 8.45 Å². The maximum atomic E-state index is 2.63. The summed E-state index contributed by atoms with van der Waals surface area (Å²) in [5.41, 5.74) is 16.0. The minimum atomic E-state index is -1.80. The molecular formula is C26H30Cl2SiTi. The molecule has 156 valence electrons. The molecule has 0 amide bonds. The van der Waals surface area contributed by atoms with Crippen LogP contribution >= 0.6 is 0 Å². The van der Waals surface area contributed by atoms with Gasteiger partial charge in [0.1, 0.15) is 0 Å². The maximum Gasteiger partial charge on any atom is -1.00 e. The smallest absolute Gasteiger partial charge is 1.00 e. The van der Waals surface area contributed by atoms with E-state index in [2.05, 4.69) is 78.9 Å². The average Bonchev–Trinajstić information content (AvgIpc) is 3.03. The van der Waals surface area contributed by atoms with Crippen molar-refractivity contribution in [2.75, 3.05) is 0 Å². The number of fused-ring (bicyclic) bond motifs is 8. The first-order valence-corrected chi connectivity index (χ1v) is 15.3. The molecule has 3 aliphatic rings. The van der Waals surface area contributed by atoms with Gasteiger partial charge < -0.3 is 24.8 Å². The summed E-state index contributed by atoms with van der Waals surface area (Å²) in [5, 5.41) is 3.55. The van der Waals surface area contributed by atoms with Gasteiger partial charge in [-0.25, -0.2) is 0 Å². The fourth-order valence-electron chi connectivity index (χ4n) is 6.62. The summed E-state index contributed by atoms with van der Waals surface area (Å²) in [6.07, 6.45) is 0. The van der Waals surface area contributed by atoms with Crippen LogP contribution in [0.15, 0.2) is 35.4 Å². The van der Waals surface area contributed by atoms with E-state index >= 15 is 0 Å². The monoisotopic (exact) mass is 488 g/mol. The van der Waals surface area contributed by atoms with Crippen molar-refractivity contribution < 1.29 is 44.0 Å². The molecule has 0 spiro atoms. The van der Waals surface area contributed by atoms with Crippen LogP contribution in [0.4, 0.5) is 0 Å². The van der Waals surface area contributed by atoms with Crippen molar-refractivity contribution in [3.8, 4) is 0 Å². The third-order valence-electron chi connectivity index (χ3n) is 7.38. The van der Waals surface area contributed by atoms with Gasteiger partial charge >= 0.3 is 181 Å². The van der Waals surface area contributed by atoms with Gasteiger partial charge in [0, 0.05) is 0 Å². The minimum Gasteiger partial charge on any atom is -1.00 e. The van der Waals surface area contributed by atoms with Crippen LogP contribution in [-0.4, -0.2) is 8.07 Å². The zero-order valence-electron chi connectivity index (χ0n) is 19.2. The summed E-state index contributed by atoms with van der Waals surface area (Å²) in [6.45, 7) is 19.5. The molecule has 30 heavy (non-hydrogen) atoms. The van der Waals surface area contributed by atoms with E-state index < -0.39 is 8.07 Å². The van der Waals surface area contributed by atoms with Crippen LogP contribution < -0.4 is 24.8 Å². The van der Waals surface area contributed by atoms with Crippen LogP contribution in [-0.2, 0) is 19.2 Å². The molecule has 2 aliphatic carbocycles. The molecule has 0 fully saturated rings. The van der Waals surface area contributed by atoms with Crippen molar-refractivity contribution in [1.29, 1.82) is 0 Å². The van der Waals surface area contributed by atoms with Crippen LogP contribution in [0.2, 0.25) is 13.1 Å². The van der Waals surface area contributed by atoms with Crippen LogP contribution in [0, 0.1) is 27.7 Å². The number of aryl methyl sites for hydroxylation is 4. The van der Waals surface area contributed by atoms with Crippen molar-refractivity contribution in [3.63, 3.8) is 0 Å². The molecule has 2 atom stereocenters. The summed E-state index contributed by atoms with van der Waals surface area (Å²) in [7, 11) is -1.80. The number of hydrogen-bond donors (Lipinski definition) is 0. The number of allylic oxidation sites excluding steroid dienone is 2. The molecule has 0 aromatic heterocycles. The number of halogens is 2. The van der Waals surface area contributed by atoms with Gasteiger partial charge in [-0.15, -0.1) is 0 Å². The zero-order chi connectivity index (χ0) is 20.1. The third kappa shape index (κ3) is 3.04. The van der Waals surface area contributed by atoms with Crippen molar-refractivity contribution >= 4 is 18.5 Å². The van der Waals surface area contributed by atoms with E-state index in [9.17, 15) is 0 Å². The molecule has 0 nitrogen and oxygen atoms in total. The summed E-state index contributed by atoms with van der Waals surface area (Å²) < 4.78 is 1.42. The van der Waals surface area contributed by atoms with E-state index in [1.807, 2.05) is 0 Å². The molecule has 4 bridgehead atoms. The van der Waals surface area contributed by atoms with E-state index in [-0.39, 0.29) is 44.0 Å². The van der Waals surface area contributed by atoms with Gasteiger partial charge in [-0.05, 0) is 0 Å². The first-order chi connectivity index (χ1) is 13.1. The molecule has 1 heterocycles. The molecule has 0 N–H and O–H groups in total. The fourth-order valence-corrected chi connectivity index (χ4v) is 14.5. The Morgan fingerprint density at radius 3 is 1.37 bits per heavy atom. The number of rotatable bonds is 0. The molecule has 0 saturated heterocycles. The van der Waals surface area contributed by atoms with Gasteiger partial charge in [0.25, 0.3) is 0 Å². The Kier molecular flexibility index (Phi) is 6.25. The van der Waals surface area contributed by atoms with E-state index in [1.54, 1.807) is 43.8 Å². The van der Waals surface area contributed by atoms with E-state index in [0.717, 1.165) is 0 Å². The predicted molar refractivity (Wildman–Crippen MR) is 120 cm³/mol. The second-order valence-electron chi connectivity index (χ2n) is 9.87. The SMILES string of the molecule is CC1=C2c3c(C)cc(C)cc3[CH]1[Ti+2][CH]1C(C)=C(c3c(C)cc(C)cc31)[Si]2(C)C.[Cl-].[Cl-]. The van der Waals surface area contributed by atoms with Crippen LogP contribution in [0.5, 0.6) is 0 Å². The van der Waals surface area contributed by atoms with Crippen LogP contribution in [0.3, 0.4) is 0 Å². The second-order valence-corrected chi connectivity index (χ2v) is 16.4. The zero-order valence-corrected chi connectivity index (χ0v) is 23.3. The summed E-state index contributed by atoms with van der Waals surface area (Å²) in [6, 6.07) is 9.88. The third-order valence-corrected chi connectivity index (χ3v) is 14.5. The average molecular weight is 489 g/mol. The first-order valence-electron chi connectivity index (χ1n) is 10.5. The minimum absolute atomic E-state index is 0. The largest absolute Gasteiger partial charge is 1.00 e. The van der Waals surface area contributed by atoms with Gasteiger partial charge in [-0.1, -0.05) is 0 Å². The molecule has 2 aromatic rings. The van der Waals surface area contributed by atoms with Gasteiger partial charge in [-0.3, -0.25) is 0 Å². The van der Waals surface area contributed by atoms with E-state index in [4.69, 9.17) is 0 Å². The van der Waals surface area contributed by atoms with Crippen molar-refractivity contribution in [2.45, 2.75) is 63.1 Å². The summed E-state index contributed by atoms with van der Waals surface area (Å²) in [4.78, 5) is 0. The van der Waals surface area contributed by atoms with Gasteiger partial charge in [0.05, 0.1) is 0 Å². The van der Waals surface area contributed by atoms with Crippen molar-refractivity contribution in [2.24, 2.45) is 0 Å². The first kappa shape index (κ1) is 24.1. The number of benzene rings is 2. The topological polar surface area (TPSA) is 0 Å². The van der Waals surface area contributed by atoms with Crippen LogP contribution in [0.25, 0.3) is 10.4 Å². The molecule has 4 heteroatoms. The summed E-state index contributed by atoms with van der Waals surface area (Å²) in [5.74, 6) is 0. The second kappa shape index (κ2) is 7.78. The van der Waals surface area contributed by atoms with Crippen molar-refractivity contribution in [3.05, 3.63) is 79.9 Å². The molecule has 1 aliphatic heterocycles. The van der Waals surface area contributed by atoms with E-state index in [1.165, 1.54) is 22.3 Å². The Morgan fingerprint density at radius 2 is 1.00 bits per heavy atom. The van der Waals surface area contributed by atoms with Gasteiger partial charge in [0.15, 0.2) is 0 Å². The molecular weight excluding hydrogens is 459 g/mol. The standard InChI is InChI=1S/C26H30Si.2ClH.Ti/c1-15-9-17(3)23-21(11-15)13-19(5)25(23)27(7,8)26-20(6)14-22-12-16(2)10-18(4)24(22)26;;;/h9-14H,1-8H3;2*1H;/q;;;+2/p-2. The maximum absolute atomic E-state index is 2.63. The Balaban J connectivity index is 0.00000128.